The fraction of sp³-hybridized carbons (Fsp3) is 0.316. The summed E-state index contributed by atoms with van der Waals surface area (Å²) < 4.78 is 36.5. The van der Waals surface area contributed by atoms with Crippen LogP contribution in [0.1, 0.15) is 6.42 Å². The quantitative estimate of drug-likeness (QED) is 0.849. The summed E-state index contributed by atoms with van der Waals surface area (Å²) >= 11 is 0. The first-order valence-electron chi connectivity index (χ1n) is 8.54. The summed E-state index contributed by atoms with van der Waals surface area (Å²) in [4.78, 5) is 12.9. The molecule has 4 rings (SSSR count). The van der Waals surface area contributed by atoms with Gasteiger partial charge in [0.25, 0.3) is 0 Å². The zero-order chi connectivity index (χ0) is 19.2. The fourth-order valence-corrected chi connectivity index (χ4v) is 5.99. The van der Waals surface area contributed by atoms with Crippen LogP contribution in [0.2, 0.25) is 0 Å². The Labute approximate surface area is 157 Å². The molecule has 0 radical (unpaired) electrons. The molecular weight excluding hydrogens is 368 g/mol. The predicted molar refractivity (Wildman–Crippen MR) is 102 cm³/mol. The van der Waals surface area contributed by atoms with Crippen molar-refractivity contribution in [3.63, 3.8) is 0 Å². The van der Waals surface area contributed by atoms with Crippen molar-refractivity contribution < 1.29 is 22.7 Å². The molecule has 27 heavy (non-hydrogen) atoms. The molecule has 2 aromatic carbocycles. The molecule has 2 aromatic rings. The first-order valence-corrected chi connectivity index (χ1v) is 9.98. The number of nitrogens with zero attached hydrogens (tertiary/aromatic N) is 1. The lowest BCUT2D eigenvalue weighted by atomic mass is 10.2. The second-order valence-electron chi connectivity index (χ2n) is 6.71. The minimum atomic E-state index is -3.80. The Balaban J connectivity index is 1.57. The van der Waals surface area contributed by atoms with Gasteiger partial charge in [-0.1, -0.05) is 0 Å². The van der Waals surface area contributed by atoms with Crippen molar-refractivity contribution >= 4 is 27.3 Å². The third kappa shape index (κ3) is 2.63. The first-order chi connectivity index (χ1) is 12.9. The van der Waals surface area contributed by atoms with Crippen molar-refractivity contribution in [2.75, 3.05) is 30.4 Å². The van der Waals surface area contributed by atoms with Crippen LogP contribution in [-0.4, -0.2) is 39.8 Å². The van der Waals surface area contributed by atoms with Crippen molar-refractivity contribution in [1.29, 1.82) is 0 Å². The number of fused-ring (bicyclic) bond motifs is 1. The molecule has 2 aliphatic rings. The SMILES string of the molecule is COc1ccc(NC(=O)[C@]23C[C@@H]2CN(c2ccc(OC)cc2)S3(=O)=O)cc1. The lowest BCUT2D eigenvalue weighted by molar-refractivity contribution is -0.116. The maximum atomic E-state index is 13.2. The second-order valence-corrected chi connectivity index (χ2v) is 8.83. The molecule has 1 amide bonds. The van der Waals surface area contributed by atoms with E-state index in [0.29, 0.717) is 35.8 Å². The molecule has 0 unspecified atom stereocenters. The van der Waals surface area contributed by atoms with E-state index in [1.807, 2.05) is 0 Å². The summed E-state index contributed by atoms with van der Waals surface area (Å²) in [5.41, 5.74) is 1.08. The average Bonchev–Trinajstić information content (AvgIpc) is 3.38. The highest BCUT2D eigenvalue weighted by atomic mass is 32.2. The van der Waals surface area contributed by atoms with Gasteiger partial charge in [-0.05, 0) is 55.0 Å². The number of anilines is 2. The van der Waals surface area contributed by atoms with Crippen LogP contribution in [0.25, 0.3) is 0 Å². The summed E-state index contributed by atoms with van der Waals surface area (Å²) in [6.07, 6.45) is 0.351. The lowest BCUT2D eigenvalue weighted by Gasteiger charge is -2.23. The molecule has 1 aliphatic heterocycles. The van der Waals surface area contributed by atoms with E-state index in [0.717, 1.165) is 0 Å². The van der Waals surface area contributed by atoms with E-state index in [1.165, 1.54) is 4.31 Å². The number of amides is 1. The number of hydrogen-bond donors (Lipinski definition) is 1. The topological polar surface area (TPSA) is 84.9 Å². The maximum absolute atomic E-state index is 13.2. The van der Waals surface area contributed by atoms with Crippen LogP contribution in [0, 0.1) is 5.92 Å². The Morgan fingerprint density at radius 2 is 1.59 bits per heavy atom. The monoisotopic (exact) mass is 388 g/mol. The maximum Gasteiger partial charge on any atom is 0.250 e. The number of hydrogen-bond acceptors (Lipinski definition) is 5. The normalized spacial score (nSPS) is 24.8. The smallest absolute Gasteiger partial charge is 0.250 e. The number of carbonyl (C=O) groups excluding carboxylic acids is 1. The molecule has 2 fully saturated rings. The number of ether oxygens (including phenoxy) is 2. The zero-order valence-corrected chi connectivity index (χ0v) is 15.8. The van der Waals surface area contributed by atoms with Gasteiger partial charge in [0.15, 0.2) is 4.75 Å². The van der Waals surface area contributed by atoms with Crippen LogP contribution in [0.5, 0.6) is 11.5 Å². The highest BCUT2D eigenvalue weighted by molar-refractivity contribution is 7.95. The molecule has 0 spiro atoms. The van der Waals surface area contributed by atoms with Gasteiger partial charge in [-0.3, -0.25) is 9.10 Å². The fourth-order valence-electron chi connectivity index (χ4n) is 3.63. The summed E-state index contributed by atoms with van der Waals surface area (Å²) in [6, 6.07) is 13.6. The highest BCUT2D eigenvalue weighted by Gasteiger charge is 2.75. The Morgan fingerprint density at radius 3 is 2.15 bits per heavy atom. The Kier molecular flexibility index (Phi) is 4.03. The molecule has 0 bridgehead atoms. The number of methoxy groups -OCH3 is 2. The third-order valence-corrected chi connectivity index (χ3v) is 7.82. The van der Waals surface area contributed by atoms with Gasteiger partial charge in [0.2, 0.25) is 15.9 Å². The highest BCUT2D eigenvalue weighted by Crippen LogP contribution is 2.58. The molecule has 1 N–H and O–H groups in total. The number of nitrogens with one attached hydrogen (secondary N) is 1. The van der Waals surface area contributed by atoms with Crippen LogP contribution < -0.4 is 19.1 Å². The number of carbonyl (C=O) groups is 1. The van der Waals surface area contributed by atoms with E-state index in [4.69, 9.17) is 9.47 Å². The van der Waals surface area contributed by atoms with Gasteiger partial charge in [-0.25, -0.2) is 8.42 Å². The lowest BCUT2D eigenvalue weighted by Crippen LogP contribution is -2.42. The minimum Gasteiger partial charge on any atom is -0.497 e. The number of sulfonamides is 1. The predicted octanol–water partition coefficient (Wildman–Crippen LogP) is 2.25. The van der Waals surface area contributed by atoms with Gasteiger partial charge in [0, 0.05) is 18.2 Å². The summed E-state index contributed by atoms with van der Waals surface area (Å²) in [6.45, 7) is 0.310. The summed E-state index contributed by atoms with van der Waals surface area (Å²) in [5, 5.41) is 2.74. The number of rotatable bonds is 5. The summed E-state index contributed by atoms with van der Waals surface area (Å²) in [5.74, 6) is 0.624. The van der Waals surface area contributed by atoms with Crippen LogP contribution in [0.15, 0.2) is 48.5 Å². The van der Waals surface area contributed by atoms with Crippen LogP contribution in [0.4, 0.5) is 11.4 Å². The van der Waals surface area contributed by atoms with Crippen LogP contribution >= 0.6 is 0 Å². The number of benzene rings is 2. The molecule has 2 atom stereocenters. The zero-order valence-electron chi connectivity index (χ0n) is 15.0. The third-order valence-electron chi connectivity index (χ3n) is 5.28. The van der Waals surface area contributed by atoms with E-state index >= 15 is 0 Å². The van der Waals surface area contributed by atoms with Crippen molar-refractivity contribution in [2.45, 2.75) is 11.2 Å². The van der Waals surface area contributed by atoms with Gasteiger partial charge < -0.3 is 14.8 Å². The van der Waals surface area contributed by atoms with Crippen molar-refractivity contribution in [3.8, 4) is 11.5 Å². The molecular formula is C19H20N2O5S. The molecule has 0 aromatic heterocycles. The second kappa shape index (κ2) is 6.16. The molecule has 1 aliphatic carbocycles. The largest absolute Gasteiger partial charge is 0.497 e. The van der Waals surface area contributed by atoms with Crippen molar-refractivity contribution in [2.24, 2.45) is 5.92 Å². The minimum absolute atomic E-state index is 0.206. The Hall–Kier alpha value is -2.74. The van der Waals surface area contributed by atoms with E-state index in [9.17, 15) is 13.2 Å². The van der Waals surface area contributed by atoms with E-state index in [-0.39, 0.29) is 5.92 Å². The van der Waals surface area contributed by atoms with E-state index in [2.05, 4.69) is 5.32 Å². The Morgan fingerprint density at radius 1 is 1.04 bits per heavy atom. The van der Waals surface area contributed by atoms with E-state index < -0.39 is 20.7 Å². The standard InChI is InChI=1S/C19H20N2O5S/c1-25-16-7-3-14(4-8-16)20-18(22)19-11-13(19)12-21(27(19,23)24)15-5-9-17(26-2)10-6-15/h3-10,13H,11-12H2,1-2H3,(H,20,22)/t13-,19+/m1/s1. The summed E-state index contributed by atoms with van der Waals surface area (Å²) in [7, 11) is -0.696. The van der Waals surface area contributed by atoms with Gasteiger partial charge in [0.1, 0.15) is 11.5 Å². The average molecular weight is 388 g/mol. The molecule has 1 saturated carbocycles. The van der Waals surface area contributed by atoms with Crippen molar-refractivity contribution in [3.05, 3.63) is 48.5 Å². The molecule has 142 valence electrons. The van der Waals surface area contributed by atoms with E-state index in [1.54, 1.807) is 62.8 Å². The van der Waals surface area contributed by atoms with Crippen molar-refractivity contribution in [1.82, 2.24) is 0 Å². The van der Waals surface area contributed by atoms with Crippen LogP contribution in [0.3, 0.4) is 0 Å². The Bertz CT molecular complexity index is 972. The molecule has 7 nitrogen and oxygen atoms in total. The van der Waals surface area contributed by atoms with Gasteiger partial charge in [0.05, 0.1) is 19.9 Å². The van der Waals surface area contributed by atoms with Gasteiger partial charge >= 0.3 is 0 Å². The molecule has 1 saturated heterocycles. The van der Waals surface area contributed by atoms with Gasteiger partial charge in [-0.2, -0.15) is 0 Å². The first kappa shape index (κ1) is 17.7. The van der Waals surface area contributed by atoms with Crippen LogP contribution in [-0.2, 0) is 14.8 Å². The molecule has 8 heteroatoms. The van der Waals surface area contributed by atoms with Gasteiger partial charge in [-0.15, -0.1) is 0 Å². The molecule has 1 heterocycles.